The highest BCUT2D eigenvalue weighted by atomic mass is 16.5. The molecular weight excluding hydrogens is 274 g/mol. The Balaban J connectivity index is 0.00000211. The molecule has 132 valence electrons. The molecule has 1 aliphatic heterocycles. The van der Waals surface area contributed by atoms with Gasteiger partial charge in [0.1, 0.15) is 6.10 Å². The van der Waals surface area contributed by atoms with E-state index in [-0.39, 0.29) is 29.1 Å². The first kappa shape index (κ1) is 21.4. The molecule has 0 radical (unpaired) electrons. The van der Waals surface area contributed by atoms with Gasteiger partial charge in [0.05, 0.1) is 5.92 Å². The van der Waals surface area contributed by atoms with Gasteiger partial charge in [-0.15, -0.1) is 0 Å². The summed E-state index contributed by atoms with van der Waals surface area (Å²) >= 11 is 0. The van der Waals surface area contributed by atoms with E-state index in [0.717, 1.165) is 19.3 Å². The van der Waals surface area contributed by atoms with Crippen LogP contribution in [0.25, 0.3) is 0 Å². The highest BCUT2D eigenvalue weighted by Gasteiger charge is 2.44. The zero-order chi connectivity index (χ0) is 17.7. The first-order valence-corrected chi connectivity index (χ1v) is 8.90. The Morgan fingerprint density at radius 2 is 1.50 bits per heavy atom. The summed E-state index contributed by atoms with van der Waals surface area (Å²) in [5.41, 5.74) is 0.127. The SMILES string of the molecule is CC.CC(C)CC(C)C(=O)OC1CC(C)(C)N(C)C(C)(C)C1. The van der Waals surface area contributed by atoms with Crippen LogP contribution in [0.2, 0.25) is 0 Å². The summed E-state index contributed by atoms with van der Waals surface area (Å²) in [4.78, 5) is 14.6. The maximum Gasteiger partial charge on any atom is 0.308 e. The third-order valence-electron chi connectivity index (χ3n) is 4.78. The minimum absolute atomic E-state index is 0.000815. The van der Waals surface area contributed by atoms with Crippen LogP contribution in [0.15, 0.2) is 0 Å². The fraction of sp³-hybridized carbons (Fsp3) is 0.947. The molecule has 0 N–H and O–H groups in total. The van der Waals surface area contributed by atoms with Crippen LogP contribution in [0.4, 0.5) is 0 Å². The van der Waals surface area contributed by atoms with Crippen molar-refractivity contribution in [3.8, 4) is 0 Å². The predicted molar refractivity (Wildman–Crippen MR) is 95.0 cm³/mol. The first-order chi connectivity index (χ1) is 9.95. The Morgan fingerprint density at radius 1 is 1.09 bits per heavy atom. The molecule has 1 unspecified atom stereocenters. The van der Waals surface area contributed by atoms with E-state index in [2.05, 4.69) is 53.5 Å². The smallest absolute Gasteiger partial charge is 0.308 e. The van der Waals surface area contributed by atoms with Crippen LogP contribution < -0.4 is 0 Å². The van der Waals surface area contributed by atoms with Crippen LogP contribution in [0.1, 0.15) is 81.6 Å². The van der Waals surface area contributed by atoms with Gasteiger partial charge in [-0.3, -0.25) is 9.69 Å². The average Bonchev–Trinajstić information content (AvgIpc) is 2.36. The van der Waals surface area contributed by atoms with Crippen molar-refractivity contribution in [2.75, 3.05) is 7.05 Å². The second-order valence-electron chi connectivity index (χ2n) is 8.18. The van der Waals surface area contributed by atoms with Gasteiger partial charge >= 0.3 is 5.97 Å². The van der Waals surface area contributed by atoms with E-state index in [4.69, 9.17) is 4.74 Å². The number of rotatable bonds is 4. The van der Waals surface area contributed by atoms with Gasteiger partial charge in [0.2, 0.25) is 0 Å². The zero-order valence-electron chi connectivity index (χ0n) is 16.6. The van der Waals surface area contributed by atoms with Crippen LogP contribution in [-0.4, -0.2) is 35.1 Å². The molecular formula is C19H39NO2. The number of hydrogen-bond donors (Lipinski definition) is 0. The van der Waals surface area contributed by atoms with E-state index in [1.807, 2.05) is 20.8 Å². The van der Waals surface area contributed by atoms with E-state index in [1.54, 1.807) is 0 Å². The summed E-state index contributed by atoms with van der Waals surface area (Å²) in [6.45, 7) is 19.2. The predicted octanol–water partition coefficient (Wildman–Crippen LogP) is 4.89. The van der Waals surface area contributed by atoms with Gasteiger partial charge in [-0.1, -0.05) is 34.6 Å². The van der Waals surface area contributed by atoms with E-state index in [0.29, 0.717) is 5.92 Å². The second kappa shape index (κ2) is 8.33. The zero-order valence-corrected chi connectivity index (χ0v) is 16.6. The van der Waals surface area contributed by atoms with Gasteiger partial charge in [0.15, 0.2) is 0 Å². The Bertz CT molecular complexity index is 329. The third kappa shape index (κ3) is 5.91. The Labute approximate surface area is 138 Å². The number of hydrogen-bond acceptors (Lipinski definition) is 3. The number of ether oxygens (including phenoxy) is 1. The van der Waals surface area contributed by atoms with Gasteiger partial charge in [-0.2, -0.15) is 0 Å². The summed E-state index contributed by atoms with van der Waals surface area (Å²) < 4.78 is 5.81. The summed E-state index contributed by atoms with van der Waals surface area (Å²) in [5, 5.41) is 0. The molecule has 0 aromatic rings. The van der Waals surface area contributed by atoms with Gasteiger partial charge in [-0.05, 0) is 47.1 Å². The molecule has 0 saturated carbocycles. The molecule has 0 amide bonds. The van der Waals surface area contributed by atoms with Crippen molar-refractivity contribution in [3.63, 3.8) is 0 Å². The molecule has 1 saturated heterocycles. The number of likely N-dealkylation sites (tertiary alicyclic amines) is 1. The third-order valence-corrected chi connectivity index (χ3v) is 4.78. The molecule has 3 heteroatoms. The first-order valence-electron chi connectivity index (χ1n) is 8.90. The molecule has 0 aromatic heterocycles. The lowest BCUT2D eigenvalue weighted by atomic mass is 9.78. The van der Waals surface area contributed by atoms with Crippen molar-refractivity contribution < 1.29 is 9.53 Å². The van der Waals surface area contributed by atoms with Gasteiger partial charge in [-0.25, -0.2) is 0 Å². The molecule has 1 fully saturated rings. The maximum atomic E-state index is 12.2. The summed E-state index contributed by atoms with van der Waals surface area (Å²) in [7, 11) is 2.17. The largest absolute Gasteiger partial charge is 0.462 e. The van der Waals surface area contributed by atoms with E-state index in [9.17, 15) is 4.79 Å². The van der Waals surface area contributed by atoms with Crippen molar-refractivity contribution >= 4 is 5.97 Å². The number of piperidine rings is 1. The summed E-state index contributed by atoms with van der Waals surface area (Å²) in [6.07, 6.45) is 2.76. The number of nitrogens with zero attached hydrogens (tertiary/aromatic N) is 1. The topological polar surface area (TPSA) is 29.5 Å². The van der Waals surface area contributed by atoms with E-state index < -0.39 is 0 Å². The van der Waals surface area contributed by atoms with Crippen molar-refractivity contribution in [1.82, 2.24) is 4.90 Å². The molecule has 1 aliphatic rings. The van der Waals surface area contributed by atoms with Gasteiger partial charge in [0.25, 0.3) is 0 Å². The standard InChI is InChI=1S/C17H33NO2.C2H6/c1-12(2)9-13(3)15(19)20-14-10-16(4,5)18(8)17(6,7)11-14;1-2/h12-14H,9-11H2,1-8H3;1-2H3. The van der Waals surface area contributed by atoms with Gasteiger partial charge in [0, 0.05) is 23.9 Å². The molecule has 0 aromatic carbocycles. The van der Waals surface area contributed by atoms with E-state index in [1.165, 1.54) is 0 Å². The molecule has 1 atom stereocenters. The van der Waals surface area contributed by atoms with Crippen LogP contribution >= 0.6 is 0 Å². The fourth-order valence-electron chi connectivity index (χ4n) is 3.45. The lowest BCUT2D eigenvalue weighted by Gasteiger charge is -2.53. The number of carbonyl (C=O) groups excluding carboxylic acids is 1. The van der Waals surface area contributed by atoms with Crippen LogP contribution in [-0.2, 0) is 9.53 Å². The van der Waals surface area contributed by atoms with Crippen molar-refractivity contribution in [3.05, 3.63) is 0 Å². The molecule has 22 heavy (non-hydrogen) atoms. The van der Waals surface area contributed by atoms with Crippen molar-refractivity contribution in [2.24, 2.45) is 11.8 Å². The summed E-state index contributed by atoms with van der Waals surface area (Å²) in [5.74, 6) is 0.503. The molecule has 3 nitrogen and oxygen atoms in total. The quantitative estimate of drug-likeness (QED) is 0.692. The minimum atomic E-state index is -0.0279. The minimum Gasteiger partial charge on any atom is -0.462 e. The second-order valence-corrected chi connectivity index (χ2v) is 8.18. The highest BCUT2D eigenvalue weighted by molar-refractivity contribution is 5.72. The Morgan fingerprint density at radius 3 is 1.86 bits per heavy atom. The Kier molecular flexibility index (Phi) is 8.11. The lowest BCUT2D eigenvalue weighted by molar-refractivity contribution is -0.163. The fourth-order valence-corrected chi connectivity index (χ4v) is 3.45. The number of esters is 1. The number of carbonyl (C=O) groups is 1. The van der Waals surface area contributed by atoms with E-state index >= 15 is 0 Å². The highest BCUT2D eigenvalue weighted by Crippen LogP contribution is 2.38. The summed E-state index contributed by atoms with van der Waals surface area (Å²) in [6, 6.07) is 0. The monoisotopic (exact) mass is 313 g/mol. The molecule has 0 spiro atoms. The van der Waals surface area contributed by atoms with Crippen LogP contribution in [0, 0.1) is 11.8 Å². The van der Waals surface area contributed by atoms with Crippen molar-refractivity contribution in [2.45, 2.75) is 98.8 Å². The molecule has 1 heterocycles. The van der Waals surface area contributed by atoms with Gasteiger partial charge < -0.3 is 4.74 Å². The average molecular weight is 314 g/mol. The molecule has 0 bridgehead atoms. The van der Waals surface area contributed by atoms with Crippen molar-refractivity contribution in [1.29, 1.82) is 0 Å². The Hall–Kier alpha value is -0.570. The maximum absolute atomic E-state index is 12.2. The molecule has 1 rings (SSSR count). The lowest BCUT2D eigenvalue weighted by Crippen LogP contribution is -2.60. The molecule has 0 aliphatic carbocycles. The van der Waals surface area contributed by atoms with Crippen LogP contribution in [0.3, 0.4) is 0 Å². The van der Waals surface area contributed by atoms with Crippen LogP contribution in [0.5, 0.6) is 0 Å². The normalized spacial score (nSPS) is 22.7.